The van der Waals surface area contributed by atoms with Crippen molar-refractivity contribution in [3.05, 3.63) is 22.4 Å². The molecule has 4 rings (SSSR count). The van der Waals surface area contributed by atoms with Gasteiger partial charge in [-0.05, 0) is 47.6 Å². The van der Waals surface area contributed by atoms with Gasteiger partial charge >= 0.3 is 0 Å². The fraction of sp³-hybridized carbons (Fsp3) is 0.643. The highest BCUT2D eigenvalue weighted by Crippen LogP contribution is 2.52. The SMILES string of the molecule is CCC1CC1N1C(=O)C2(CC2)NC1c1ccsc1. The van der Waals surface area contributed by atoms with Gasteiger partial charge in [0.05, 0.1) is 0 Å². The van der Waals surface area contributed by atoms with E-state index >= 15 is 0 Å². The second-order valence-corrected chi connectivity index (χ2v) is 6.65. The van der Waals surface area contributed by atoms with Crippen molar-refractivity contribution in [3.8, 4) is 0 Å². The lowest BCUT2D eigenvalue weighted by Crippen LogP contribution is -2.34. The highest BCUT2D eigenvalue weighted by Gasteiger charge is 2.63. The lowest BCUT2D eigenvalue weighted by molar-refractivity contribution is -0.131. The molecule has 1 saturated heterocycles. The number of nitrogens with one attached hydrogen (secondary N) is 1. The fourth-order valence-corrected chi connectivity index (χ4v) is 3.95. The molecule has 1 aromatic rings. The number of carbonyl (C=O) groups excluding carboxylic acids is 1. The van der Waals surface area contributed by atoms with Gasteiger partial charge in [-0.2, -0.15) is 11.3 Å². The molecule has 0 radical (unpaired) electrons. The first kappa shape index (κ1) is 11.0. The molecule has 3 atom stereocenters. The van der Waals surface area contributed by atoms with Crippen molar-refractivity contribution < 1.29 is 4.79 Å². The van der Waals surface area contributed by atoms with E-state index in [4.69, 9.17) is 0 Å². The second kappa shape index (κ2) is 3.58. The third-order valence-corrected chi connectivity index (χ3v) is 5.41. The van der Waals surface area contributed by atoms with Gasteiger partial charge in [0, 0.05) is 6.04 Å². The number of nitrogens with zero attached hydrogens (tertiary/aromatic N) is 1. The van der Waals surface area contributed by atoms with Gasteiger partial charge in [-0.1, -0.05) is 13.3 Å². The maximum Gasteiger partial charge on any atom is 0.244 e. The van der Waals surface area contributed by atoms with Crippen LogP contribution in [0.2, 0.25) is 0 Å². The van der Waals surface area contributed by atoms with E-state index < -0.39 is 0 Å². The molecule has 96 valence electrons. The Morgan fingerprint density at radius 1 is 1.56 bits per heavy atom. The Balaban J connectivity index is 1.66. The van der Waals surface area contributed by atoms with Crippen molar-refractivity contribution in [1.29, 1.82) is 0 Å². The van der Waals surface area contributed by atoms with E-state index in [2.05, 4.69) is 34.0 Å². The van der Waals surface area contributed by atoms with Crippen molar-refractivity contribution in [2.75, 3.05) is 0 Å². The Morgan fingerprint density at radius 2 is 2.39 bits per heavy atom. The van der Waals surface area contributed by atoms with Crippen LogP contribution in [-0.4, -0.2) is 22.4 Å². The van der Waals surface area contributed by atoms with E-state index in [9.17, 15) is 4.79 Å². The standard InChI is InChI=1S/C14H18N2OS/c1-2-9-7-11(9)16-12(10-3-6-18-8-10)15-14(4-5-14)13(16)17/h3,6,8-9,11-12,15H,2,4-5,7H2,1H3. The van der Waals surface area contributed by atoms with E-state index in [1.165, 1.54) is 18.4 Å². The van der Waals surface area contributed by atoms with Gasteiger partial charge in [0.25, 0.3) is 0 Å². The summed E-state index contributed by atoms with van der Waals surface area (Å²) in [6, 6.07) is 2.63. The van der Waals surface area contributed by atoms with Crippen molar-refractivity contribution in [2.45, 2.75) is 50.4 Å². The summed E-state index contributed by atoms with van der Waals surface area (Å²) < 4.78 is 0. The van der Waals surface area contributed by atoms with Gasteiger partial charge < -0.3 is 4.90 Å². The van der Waals surface area contributed by atoms with Crippen LogP contribution in [0, 0.1) is 5.92 Å². The second-order valence-electron chi connectivity index (χ2n) is 5.87. The number of amides is 1. The van der Waals surface area contributed by atoms with Crippen molar-refractivity contribution >= 4 is 17.2 Å². The van der Waals surface area contributed by atoms with Crippen molar-refractivity contribution in [3.63, 3.8) is 0 Å². The third kappa shape index (κ3) is 1.42. The van der Waals surface area contributed by atoms with Crippen LogP contribution in [0.4, 0.5) is 0 Å². The monoisotopic (exact) mass is 262 g/mol. The molecule has 0 bridgehead atoms. The molecule has 1 spiro atoms. The average Bonchev–Trinajstić information content (AvgIpc) is 3.24. The topological polar surface area (TPSA) is 32.3 Å². The third-order valence-electron chi connectivity index (χ3n) is 4.71. The summed E-state index contributed by atoms with van der Waals surface area (Å²) in [5, 5.41) is 7.86. The van der Waals surface area contributed by atoms with Gasteiger partial charge in [-0.15, -0.1) is 0 Å². The number of thiophene rings is 1. The van der Waals surface area contributed by atoms with Crippen molar-refractivity contribution in [2.24, 2.45) is 5.92 Å². The van der Waals surface area contributed by atoms with Gasteiger partial charge in [0.1, 0.15) is 11.7 Å². The van der Waals surface area contributed by atoms with Crippen LogP contribution in [0.25, 0.3) is 0 Å². The molecule has 2 aliphatic carbocycles. The predicted octanol–water partition coefficient (Wildman–Crippen LogP) is 2.51. The number of carbonyl (C=O) groups is 1. The van der Waals surface area contributed by atoms with Crippen LogP contribution in [0.15, 0.2) is 16.8 Å². The Bertz CT molecular complexity index is 480. The summed E-state index contributed by atoms with van der Waals surface area (Å²) >= 11 is 1.71. The van der Waals surface area contributed by atoms with Crippen LogP contribution in [-0.2, 0) is 4.79 Å². The van der Waals surface area contributed by atoms with Crippen LogP contribution in [0.5, 0.6) is 0 Å². The normalized spacial score (nSPS) is 36.4. The Labute approximate surface area is 111 Å². The Hall–Kier alpha value is -0.870. The zero-order valence-corrected chi connectivity index (χ0v) is 11.4. The van der Waals surface area contributed by atoms with E-state index in [1.807, 2.05) is 0 Å². The molecule has 18 heavy (non-hydrogen) atoms. The molecule has 1 aliphatic heterocycles. The smallest absolute Gasteiger partial charge is 0.244 e. The molecule has 2 heterocycles. The van der Waals surface area contributed by atoms with Gasteiger partial charge in [-0.3, -0.25) is 10.1 Å². The summed E-state index contributed by atoms with van der Waals surface area (Å²) in [6.45, 7) is 2.23. The first-order valence-electron chi connectivity index (χ1n) is 6.88. The molecule has 1 amide bonds. The molecule has 3 unspecified atom stereocenters. The molecular formula is C14H18N2OS. The molecule has 3 nitrogen and oxygen atoms in total. The van der Waals surface area contributed by atoms with Crippen molar-refractivity contribution in [1.82, 2.24) is 10.2 Å². The van der Waals surface area contributed by atoms with E-state index in [1.54, 1.807) is 11.3 Å². The van der Waals surface area contributed by atoms with Gasteiger partial charge in [0.2, 0.25) is 5.91 Å². The fourth-order valence-electron chi connectivity index (χ4n) is 3.27. The van der Waals surface area contributed by atoms with Crippen LogP contribution >= 0.6 is 11.3 Å². The largest absolute Gasteiger partial charge is 0.318 e. The lowest BCUT2D eigenvalue weighted by Gasteiger charge is -2.24. The zero-order chi connectivity index (χ0) is 12.3. The Morgan fingerprint density at radius 3 is 2.94 bits per heavy atom. The average molecular weight is 262 g/mol. The highest BCUT2D eigenvalue weighted by atomic mass is 32.1. The molecule has 0 aromatic carbocycles. The molecular weight excluding hydrogens is 244 g/mol. The molecule has 2 saturated carbocycles. The number of hydrogen-bond acceptors (Lipinski definition) is 3. The minimum absolute atomic E-state index is 0.132. The summed E-state index contributed by atoms with van der Waals surface area (Å²) in [6.07, 6.45) is 4.56. The number of rotatable bonds is 3. The van der Waals surface area contributed by atoms with Gasteiger partial charge in [0.15, 0.2) is 0 Å². The maximum atomic E-state index is 12.6. The van der Waals surface area contributed by atoms with Gasteiger partial charge in [-0.25, -0.2) is 0 Å². The molecule has 3 aliphatic rings. The molecule has 3 fully saturated rings. The van der Waals surface area contributed by atoms with E-state index in [0.29, 0.717) is 11.9 Å². The van der Waals surface area contributed by atoms with Crippen LogP contribution < -0.4 is 5.32 Å². The lowest BCUT2D eigenvalue weighted by atomic mass is 10.2. The number of hydrogen-bond donors (Lipinski definition) is 1. The summed E-state index contributed by atoms with van der Waals surface area (Å²) in [4.78, 5) is 14.8. The zero-order valence-electron chi connectivity index (χ0n) is 10.6. The first-order chi connectivity index (χ1) is 8.75. The predicted molar refractivity (Wildman–Crippen MR) is 71.2 cm³/mol. The maximum absolute atomic E-state index is 12.6. The van der Waals surface area contributed by atoms with Crippen LogP contribution in [0.3, 0.4) is 0 Å². The van der Waals surface area contributed by atoms with Crippen LogP contribution in [0.1, 0.15) is 44.3 Å². The minimum atomic E-state index is -0.187. The minimum Gasteiger partial charge on any atom is -0.318 e. The quantitative estimate of drug-likeness (QED) is 0.907. The van der Waals surface area contributed by atoms with E-state index in [0.717, 1.165) is 18.8 Å². The first-order valence-corrected chi connectivity index (χ1v) is 7.82. The molecule has 4 heteroatoms. The molecule has 1 N–H and O–H groups in total. The summed E-state index contributed by atoms with van der Waals surface area (Å²) in [5.74, 6) is 1.09. The highest BCUT2D eigenvalue weighted by molar-refractivity contribution is 7.07. The summed E-state index contributed by atoms with van der Waals surface area (Å²) in [7, 11) is 0. The van der Waals surface area contributed by atoms with E-state index in [-0.39, 0.29) is 11.7 Å². The summed E-state index contributed by atoms with van der Waals surface area (Å²) in [5.41, 5.74) is 1.08. The Kier molecular flexibility index (Phi) is 2.19. The molecule has 1 aromatic heterocycles.